The molecule has 0 atom stereocenters. The maximum absolute atomic E-state index is 11.0. The van der Waals surface area contributed by atoms with Gasteiger partial charge in [0.25, 0.3) is 0 Å². The summed E-state index contributed by atoms with van der Waals surface area (Å²) in [5.74, 6) is 0.193. The number of hydrogen-bond acceptors (Lipinski definition) is 4. The third-order valence-corrected chi connectivity index (χ3v) is 3.29. The van der Waals surface area contributed by atoms with E-state index >= 15 is 0 Å². The quantitative estimate of drug-likeness (QED) is 0.796. The highest BCUT2D eigenvalue weighted by Crippen LogP contribution is 2.29. The van der Waals surface area contributed by atoms with Crippen LogP contribution >= 0.6 is 0 Å². The van der Waals surface area contributed by atoms with Crippen LogP contribution in [0.5, 0.6) is 5.75 Å². The van der Waals surface area contributed by atoms with E-state index < -0.39 is 5.97 Å². The topological polar surface area (TPSA) is 72.6 Å². The Morgan fingerprint density at radius 1 is 1.24 bits per heavy atom. The summed E-state index contributed by atoms with van der Waals surface area (Å²) in [5, 5.41) is 8.99. The molecule has 0 aliphatic carbocycles. The third-order valence-electron chi connectivity index (χ3n) is 3.29. The van der Waals surface area contributed by atoms with Gasteiger partial charge in [-0.05, 0) is 42.8 Å². The number of aromatic carboxylic acids is 1. The molecule has 0 saturated carbocycles. The number of carbonyl (C=O) groups is 1. The molecule has 5 heteroatoms. The maximum atomic E-state index is 11.0. The Balaban J connectivity index is 2.10. The van der Waals surface area contributed by atoms with Gasteiger partial charge >= 0.3 is 5.97 Å². The molecule has 2 aromatic carbocycles. The first-order chi connectivity index (χ1) is 10.1. The van der Waals surface area contributed by atoms with Crippen molar-refractivity contribution in [3.05, 3.63) is 47.5 Å². The lowest BCUT2D eigenvalue weighted by Crippen LogP contribution is -1.94. The molecule has 3 aromatic rings. The summed E-state index contributed by atoms with van der Waals surface area (Å²) in [6, 6.07) is 10.3. The van der Waals surface area contributed by atoms with Crippen LogP contribution < -0.4 is 4.74 Å². The summed E-state index contributed by atoms with van der Waals surface area (Å²) in [5.41, 5.74) is 3.04. The van der Waals surface area contributed by atoms with Crippen LogP contribution in [0.15, 0.2) is 40.8 Å². The number of fused-ring (bicyclic) bond motifs is 1. The van der Waals surface area contributed by atoms with Gasteiger partial charge in [0.1, 0.15) is 11.3 Å². The van der Waals surface area contributed by atoms with Gasteiger partial charge < -0.3 is 14.3 Å². The Hall–Kier alpha value is -2.82. The molecule has 3 rings (SSSR count). The molecule has 1 heterocycles. The van der Waals surface area contributed by atoms with E-state index in [1.807, 2.05) is 25.1 Å². The minimum atomic E-state index is -0.994. The fraction of sp³-hybridized carbons (Fsp3) is 0.125. The van der Waals surface area contributed by atoms with Crippen LogP contribution in [0.25, 0.3) is 22.6 Å². The fourth-order valence-corrected chi connectivity index (χ4v) is 2.13. The average Bonchev–Trinajstić information content (AvgIpc) is 2.90. The zero-order valence-electron chi connectivity index (χ0n) is 11.6. The van der Waals surface area contributed by atoms with Gasteiger partial charge in [0.15, 0.2) is 5.58 Å². The third kappa shape index (κ3) is 2.33. The van der Waals surface area contributed by atoms with Gasteiger partial charge in [-0.2, -0.15) is 0 Å². The molecule has 0 unspecified atom stereocenters. The molecule has 0 saturated heterocycles. The fourth-order valence-electron chi connectivity index (χ4n) is 2.13. The number of benzene rings is 2. The minimum absolute atomic E-state index is 0.173. The zero-order valence-corrected chi connectivity index (χ0v) is 11.6. The summed E-state index contributed by atoms with van der Waals surface area (Å²) >= 11 is 0. The molecule has 106 valence electrons. The Morgan fingerprint density at radius 3 is 2.76 bits per heavy atom. The van der Waals surface area contributed by atoms with Gasteiger partial charge in [-0.1, -0.05) is 6.07 Å². The smallest absolute Gasteiger partial charge is 0.335 e. The maximum Gasteiger partial charge on any atom is 0.335 e. The number of carboxylic acid groups (broad SMARTS) is 1. The number of methoxy groups -OCH3 is 1. The highest BCUT2D eigenvalue weighted by atomic mass is 16.5. The van der Waals surface area contributed by atoms with Crippen LogP contribution in [-0.2, 0) is 0 Å². The van der Waals surface area contributed by atoms with E-state index in [1.165, 1.54) is 12.1 Å². The number of ether oxygens (including phenoxy) is 1. The summed E-state index contributed by atoms with van der Waals surface area (Å²) in [7, 11) is 1.61. The molecule has 1 aromatic heterocycles. The van der Waals surface area contributed by atoms with Crippen LogP contribution in [0.1, 0.15) is 15.9 Å². The standard InChI is InChI=1S/C16H13NO4/c1-9-3-4-10(7-13(9)20-2)15-17-12-6-5-11(16(18)19)8-14(12)21-15/h3-8H,1-2H3,(H,18,19). The van der Waals surface area contributed by atoms with Gasteiger partial charge in [0, 0.05) is 5.56 Å². The van der Waals surface area contributed by atoms with Gasteiger partial charge in [0.2, 0.25) is 5.89 Å². The molecule has 0 radical (unpaired) electrons. The Kier molecular flexibility index (Phi) is 3.10. The molecule has 1 N–H and O–H groups in total. The molecular formula is C16H13NO4. The van der Waals surface area contributed by atoms with E-state index in [1.54, 1.807) is 13.2 Å². The number of oxazole rings is 1. The van der Waals surface area contributed by atoms with Crippen molar-refractivity contribution < 1.29 is 19.1 Å². The van der Waals surface area contributed by atoms with Crippen molar-refractivity contribution in [1.29, 1.82) is 0 Å². The molecular weight excluding hydrogens is 270 g/mol. The lowest BCUT2D eigenvalue weighted by Gasteiger charge is -2.05. The van der Waals surface area contributed by atoms with Gasteiger partial charge in [-0.15, -0.1) is 0 Å². The lowest BCUT2D eigenvalue weighted by atomic mass is 10.1. The van der Waals surface area contributed by atoms with Crippen LogP contribution in [0.2, 0.25) is 0 Å². The lowest BCUT2D eigenvalue weighted by molar-refractivity contribution is 0.0697. The second-order valence-electron chi connectivity index (χ2n) is 4.69. The first-order valence-electron chi connectivity index (χ1n) is 6.37. The Labute approximate surface area is 120 Å². The van der Waals surface area contributed by atoms with E-state index in [2.05, 4.69) is 4.98 Å². The normalized spacial score (nSPS) is 10.8. The first kappa shape index (κ1) is 13.2. The van der Waals surface area contributed by atoms with E-state index in [-0.39, 0.29) is 5.56 Å². The zero-order chi connectivity index (χ0) is 15.0. The van der Waals surface area contributed by atoms with Crippen LogP contribution in [0.3, 0.4) is 0 Å². The molecule has 0 spiro atoms. The number of aryl methyl sites for hydroxylation is 1. The summed E-state index contributed by atoms with van der Waals surface area (Å²) in [6.45, 7) is 1.95. The summed E-state index contributed by atoms with van der Waals surface area (Å²) in [6.07, 6.45) is 0. The molecule has 0 aliphatic heterocycles. The average molecular weight is 283 g/mol. The number of hydrogen-bond donors (Lipinski definition) is 1. The van der Waals surface area contributed by atoms with Crippen LogP contribution in [0, 0.1) is 6.92 Å². The largest absolute Gasteiger partial charge is 0.496 e. The Bertz CT molecular complexity index is 835. The second kappa shape index (κ2) is 4.94. The van der Waals surface area contributed by atoms with E-state index in [9.17, 15) is 4.79 Å². The van der Waals surface area contributed by atoms with Crippen molar-refractivity contribution in [1.82, 2.24) is 4.98 Å². The number of nitrogens with zero attached hydrogens (tertiary/aromatic N) is 1. The highest BCUT2D eigenvalue weighted by Gasteiger charge is 2.12. The monoisotopic (exact) mass is 283 g/mol. The van der Waals surface area contributed by atoms with E-state index in [0.29, 0.717) is 17.0 Å². The Morgan fingerprint density at radius 2 is 2.05 bits per heavy atom. The molecule has 0 amide bonds. The SMILES string of the molecule is COc1cc(-c2nc3ccc(C(=O)O)cc3o2)ccc1C. The first-order valence-corrected chi connectivity index (χ1v) is 6.37. The van der Waals surface area contributed by atoms with Gasteiger partial charge in [0.05, 0.1) is 12.7 Å². The predicted molar refractivity (Wildman–Crippen MR) is 77.7 cm³/mol. The highest BCUT2D eigenvalue weighted by molar-refractivity contribution is 5.92. The summed E-state index contributed by atoms with van der Waals surface area (Å²) in [4.78, 5) is 15.3. The molecule has 0 bridgehead atoms. The van der Waals surface area contributed by atoms with Crippen molar-refractivity contribution >= 4 is 17.1 Å². The number of aromatic nitrogens is 1. The second-order valence-corrected chi connectivity index (χ2v) is 4.69. The molecule has 0 fully saturated rings. The minimum Gasteiger partial charge on any atom is -0.496 e. The number of rotatable bonds is 3. The molecule has 5 nitrogen and oxygen atoms in total. The van der Waals surface area contributed by atoms with Gasteiger partial charge in [-0.3, -0.25) is 0 Å². The molecule has 21 heavy (non-hydrogen) atoms. The summed E-state index contributed by atoms with van der Waals surface area (Å²) < 4.78 is 10.9. The molecule has 0 aliphatic rings. The van der Waals surface area contributed by atoms with Crippen molar-refractivity contribution in [2.45, 2.75) is 6.92 Å². The van der Waals surface area contributed by atoms with E-state index in [0.717, 1.165) is 16.9 Å². The van der Waals surface area contributed by atoms with Gasteiger partial charge in [-0.25, -0.2) is 9.78 Å². The van der Waals surface area contributed by atoms with Crippen molar-refractivity contribution in [3.8, 4) is 17.2 Å². The van der Waals surface area contributed by atoms with Crippen molar-refractivity contribution in [3.63, 3.8) is 0 Å². The van der Waals surface area contributed by atoms with Crippen molar-refractivity contribution in [2.75, 3.05) is 7.11 Å². The number of carboxylic acids is 1. The van der Waals surface area contributed by atoms with Crippen LogP contribution in [0.4, 0.5) is 0 Å². The predicted octanol–water partition coefficient (Wildman–Crippen LogP) is 3.51. The van der Waals surface area contributed by atoms with Crippen molar-refractivity contribution in [2.24, 2.45) is 0 Å². The van der Waals surface area contributed by atoms with E-state index in [4.69, 9.17) is 14.3 Å². The van der Waals surface area contributed by atoms with Crippen LogP contribution in [-0.4, -0.2) is 23.2 Å².